The van der Waals surface area contributed by atoms with Crippen molar-refractivity contribution in [2.45, 2.75) is 89.0 Å². The standard InChI is InChI=1S/C16H29F3N2/c1-12(11-13-7-3-2-6-10-20-13)21-15-9-5-4-8-14(15)16(17,18)19/h12-15,20-21H,2-11H2,1H3. The first-order valence-electron chi connectivity index (χ1n) is 8.53. The summed E-state index contributed by atoms with van der Waals surface area (Å²) in [5.74, 6) is -1.16. The Bertz CT molecular complexity index is 298. The number of rotatable bonds is 4. The van der Waals surface area contributed by atoms with Gasteiger partial charge in [0, 0.05) is 18.1 Å². The molecule has 1 aliphatic carbocycles. The quantitative estimate of drug-likeness (QED) is 0.820. The van der Waals surface area contributed by atoms with Gasteiger partial charge in [0.05, 0.1) is 5.92 Å². The van der Waals surface area contributed by atoms with Crippen LogP contribution in [0.2, 0.25) is 0 Å². The smallest absolute Gasteiger partial charge is 0.314 e. The highest BCUT2D eigenvalue weighted by Gasteiger charge is 2.45. The lowest BCUT2D eigenvalue weighted by molar-refractivity contribution is -0.189. The maximum atomic E-state index is 13.1. The van der Waals surface area contributed by atoms with Crippen LogP contribution in [-0.4, -0.2) is 30.8 Å². The van der Waals surface area contributed by atoms with E-state index in [1.165, 1.54) is 19.3 Å². The second-order valence-electron chi connectivity index (χ2n) is 6.84. The number of hydrogen-bond acceptors (Lipinski definition) is 2. The lowest BCUT2D eigenvalue weighted by Crippen LogP contribution is -2.49. The minimum atomic E-state index is -4.06. The molecule has 2 nitrogen and oxygen atoms in total. The summed E-state index contributed by atoms with van der Waals surface area (Å²) in [5.41, 5.74) is 0. The molecule has 0 amide bonds. The van der Waals surface area contributed by atoms with E-state index in [0.717, 1.165) is 25.8 Å². The molecular weight excluding hydrogens is 277 g/mol. The van der Waals surface area contributed by atoms with Crippen molar-refractivity contribution in [2.75, 3.05) is 6.54 Å². The summed E-state index contributed by atoms with van der Waals surface area (Å²) in [5, 5.41) is 6.81. The molecule has 1 saturated carbocycles. The Morgan fingerprint density at radius 1 is 1.05 bits per heavy atom. The third kappa shape index (κ3) is 5.44. The van der Waals surface area contributed by atoms with Crippen molar-refractivity contribution >= 4 is 0 Å². The Morgan fingerprint density at radius 2 is 1.76 bits per heavy atom. The molecule has 1 saturated heterocycles. The van der Waals surface area contributed by atoms with Crippen molar-refractivity contribution in [3.05, 3.63) is 0 Å². The molecule has 2 aliphatic rings. The molecule has 0 aromatic heterocycles. The zero-order chi connectivity index (χ0) is 15.3. The molecule has 2 N–H and O–H groups in total. The van der Waals surface area contributed by atoms with Crippen molar-refractivity contribution in [2.24, 2.45) is 5.92 Å². The lowest BCUT2D eigenvalue weighted by Gasteiger charge is -2.36. The van der Waals surface area contributed by atoms with Crippen LogP contribution in [0, 0.1) is 5.92 Å². The summed E-state index contributed by atoms with van der Waals surface area (Å²) in [6, 6.07) is 0.219. The number of alkyl halides is 3. The van der Waals surface area contributed by atoms with Crippen LogP contribution in [0.3, 0.4) is 0 Å². The van der Waals surface area contributed by atoms with Crippen LogP contribution in [0.25, 0.3) is 0 Å². The topological polar surface area (TPSA) is 24.1 Å². The molecule has 2 fully saturated rings. The van der Waals surface area contributed by atoms with Gasteiger partial charge in [-0.1, -0.05) is 25.7 Å². The Labute approximate surface area is 126 Å². The van der Waals surface area contributed by atoms with Crippen LogP contribution in [0.5, 0.6) is 0 Å². The third-order valence-electron chi connectivity index (χ3n) is 4.99. The van der Waals surface area contributed by atoms with Gasteiger partial charge in [-0.3, -0.25) is 0 Å². The van der Waals surface area contributed by atoms with Crippen molar-refractivity contribution in [1.29, 1.82) is 0 Å². The van der Waals surface area contributed by atoms with Crippen LogP contribution in [-0.2, 0) is 0 Å². The SMILES string of the molecule is CC(CC1CCCCCN1)NC1CCCCC1C(F)(F)F. The molecule has 1 heterocycles. The number of nitrogens with one attached hydrogen (secondary N) is 2. The van der Waals surface area contributed by atoms with Gasteiger partial charge in [0.15, 0.2) is 0 Å². The minimum absolute atomic E-state index is 0.147. The summed E-state index contributed by atoms with van der Waals surface area (Å²) in [6.07, 6.45) is 4.32. The zero-order valence-corrected chi connectivity index (χ0v) is 13.0. The fourth-order valence-electron chi connectivity index (χ4n) is 3.88. The van der Waals surface area contributed by atoms with Gasteiger partial charge < -0.3 is 10.6 Å². The first kappa shape index (κ1) is 17.1. The van der Waals surface area contributed by atoms with E-state index in [9.17, 15) is 13.2 Å². The molecule has 0 aromatic rings. The van der Waals surface area contributed by atoms with Gasteiger partial charge in [-0.05, 0) is 45.6 Å². The second-order valence-corrected chi connectivity index (χ2v) is 6.84. The van der Waals surface area contributed by atoms with Gasteiger partial charge in [-0.15, -0.1) is 0 Å². The lowest BCUT2D eigenvalue weighted by atomic mass is 9.83. The highest BCUT2D eigenvalue weighted by Crippen LogP contribution is 2.38. The first-order valence-corrected chi connectivity index (χ1v) is 8.53. The normalized spacial score (nSPS) is 33.4. The number of hydrogen-bond donors (Lipinski definition) is 2. The summed E-state index contributed by atoms with van der Waals surface area (Å²) in [4.78, 5) is 0. The predicted octanol–water partition coefficient (Wildman–Crippen LogP) is 4.01. The van der Waals surface area contributed by atoms with Gasteiger partial charge in [0.25, 0.3) is 0 Å². The second kappa shape index (κ2) is 7.82. The molecule has 21 heavy (non-hydrogen) atoms. The average molecular weight is 306 g/mol. The Balaban J connectivity index is 1.83. The predicted molar refractivity (Wildman–Crippen MR) is 79.3 cm³/mol. The van der Waals surface area contributed by atoms with Gasteiger partial charge >= 0.3 is 6.18 Å². The van der Waals surface area contributed by atoms with E-state index < -0.39 is 12.1 Å². The Morgan fingerprint density at radius 3 is 2.52 bits per heavy atom. The van der Waals surface area contributed by atoms with Crippen molar-refractivity contribution in [1.82, 2.24) is 10.6 Å². The maximum absolute atomic E-state index is 13.1. The van der Waals surface area contributed by atoms with E-state index in [-0.39, 0.29) is 18.5 Å². The Hall–Kier alpha value is -0.290. The summed E-state index contributed by atoms with van der Waals surface area (Å²) >= 11 is 0. The molecule has 4 unspecified atom stereocenters. The fourth-order valence-corrected chi connectivity index (χ4v) is 3.88. The zero-order valence-electron chi connectivity index (χ0n) is 13.0. The first-order chi connectivity index (χ1) is 9.97. The fraction of sp³-hybridized carbons (Fsp3) is 1.00. The molecular formula is C16H29F3N2. The summed E-state index contributed by atoms with van der Waals surface area (Å²) in [7, 11) is 0. The molecule has 0 spiro atoms. The van der Waals surface area contributed by atoms with Crippen molar-refractivity contribution in [3.8, 4) is 0 Å². The highest BCUT2D eigenvalue weighted by molar-refractivity contribution is 4.88. The molecule has 2 rings (SSSR count). The van der Waals surface area contributed by atoms with E-state index in [1.54, 1.807) is 0 Å². The molecule has 4 atom stereocenters. The highest BCUT2D eigenvalue weighted by atomic mass is 19.4. The molecule has 0 aromatic carbocycles. The van der Waals surface area contributed by atoms with Crippen LogP contribution >= 0.6 is 0 Å². The molecule has 5 heteroatoms. The van der Waals surface area contributed by atoms with Crippen molar-refractivity contribution in [3.63, 3.8) is 0 Å². The molecule has 1 aliphatic heterocycles. The third-order valence-corrected chi connectivity index (χ3v) is 4.99. The average Bonchev–Trinajstić information content (AvgIpc) is 2.66. The van der Waals surface area contributed by atoms with E-state index in [1.807, 2.05) is 6.92 Å². The van der Waals surface area contributed by atoms with E-state index in [2.05, 4.69) is 10.6 Å². The van der Waals surface area contributed by atoms with Crippen LogP contribution < -0.4 is 10.6 Å². The number of halogens is 3. The molecule has 124 valence electrons. The van der Waals surface area contributed by atoms with E-state index in [0.29, 0.717) is 18.9 Å². The maximum Gasteiger partial charge on any atom is 0.393 e. The van der Waals surface area contributed by atoms with Crippen LogP contribution in [0.1, 0.15) is 64.7 Å². The largest absolute Gasteiger partial charge is 0.393 e. The van der Waals surface area contributed by atoms with Gasteiger partial charge in [0.2, 0.25) is 0 Å². The van der Waals surface area contributed by atoms with Gasteiger partial charge in [0.1, 0.15) is 0 Å². The minimum Gasteiger partial charge on any atom is -0.314 e. The van der Waals surface area contributed by atoms with Gasteiger partial charge in [-0.25, -0.2) is 0 Å². The Kier molecular flexibility index (Phi) is 6.35. The van der Waals surface area contributed by atoms with Crippen LogP contribution in [0.15, 0.2) is 0 Å². The molecule has 0 radical (unpaired) electrons. The van der Waals surface area contributed by atoms with E-state index >= 15 is 0 Å². The monoisotopic (exact) mass is 306 g/mol. The van der Waals surface area contributed by atoms with Gasteiger partial charge in [-0.2, -0.15) is 13.2 Å². The van der Waals surface area contributed by atoms with Crippen LogP contribution in [0.4, 0.5) is 13.2 Å². The van der Waals surface area contributed by atoms with E-state index in [4.69, 9.17) is 0 Å². The summed E-state index contributed by atoms with van der Waals surface area (Å²) < 4.78 is 39.3. The summed E-state index contributed by atoms with van der Waals surface area (Å²) in [6.45, 7) is 3.08. The van der Waals surface area contributed by atoms with Crippen molar-refractivity contribution < 1.29 is 13.2 Å². The molecule has 0 bridgehead atoms.